The fourth-order valence-corrected chi connectivity index (χ4v) is 5.86. The molecule has 6 nitrogen and oxygen atoms in total. The number of aryl methyl sites for hydroxylation is 1. The first-order chi connectivity index (χ1) is 13.1. The molecule has 1 aromatic carbocycles. The minimum atomic E-state index is -4.38. The molecule has 0 aromatic heterocycles. The predicted octanol–water partition coefficient (Wildman–Crippen LogP) is 3.74. The van der Waals surface area contributed by atoms with Gasteiger partial charge >= 0.3 is 10.3 Å². The van der Waals surface area contributed by atoms with Crippen LogP contribution >= 0.6 is 0 Å². The van der Waals surface area contributed by atoms with E-state index < -0.39 is 10.3 Å². The van der Waals surface area contributed by atoms with Crippen LogP contribution in [0, 0.1) is 11.3 Å². The molecule has 4 rings (SSSR count). The molecular formula is C21H27NO5S. The summed E-state index contributed by atoms with van der Waals surface area (Å²) in [6, 6.07) is 3.65. The van der Waals surface area contributed by atoms with Crippen LogP contribution in [0.15, 0.2) is 29.9 Å². The molecule has 1 aromatic rings. The number of anilines is 1. The van der Waals surface area contributed by atoms with Gasteiger partial charge in [0, 0.05) is 11.3 Å². The Morgan fingerprint density at radius 3 is 2.75 bits per heavy atom. The lowest BCUT2D eigenvalue weighted by Crippen LogP contribution is -2.37. The summed E-state index contributed by atoms with van der Waals surface area (Å²) < 4.78 is 39.7. The standard InChI is InChI=1S/C21H27NO5S/c1-4-27-18-11-16-13(10-17(18)22-28(24,25)26)5-6-15-14(16)7-8-21(3)19(23)9-12(2)20(15)21/h10-11,19-20,22-23H,2,4-9H2,1,3H3,(H,24,25,26)/t19-,20-,21+/m0/s1. The molecule has 3 aliphatic rings. The van der Waals surface area contributed by atoms with Crippen LogP contribution in [0.25, 0.3) is 5.57 Å². The Morgan fingerprint density at radius 2 is 2.07 bits per heavy atom. The van der Waals surface area contributed by atoms with Crippen LogP contribution in [0.5, 0.6) is 5.75 Å². The van der Waals surface area contributed by atoms with Crippen molar-refractivity contribution in [2.24, 2.45) is 11.3 Å². The average molecular weight is 406 g/mol. The van der Waals surface area contributed by atoms with Crippen LogP contribution in [0.1, 0.15) is 50.7 Å². The summed E-state index contributed by atoms with van der Waals surface area (Å²) in [6.07, 6.45) is 3.72. The zero-order valence-corrected chi connectivity index (χ0v) is 17.1. The Balaban J connectivity index is 1.82. The first kappa shape index (κ1) is 19.5. The maximum absolute atomic E-state index is 11.3. The summed E-state index contributed by atoms with van der Waals surface area (Å²) in [5, 5.41) is 10.6. The lowest BCUT2D eigenvalue weighted by Gasteiger charge is -2.43. The minimum Gasteiger partial charge on any atom is -0.492 e. The number of aliphatic hydroxyl groups excluding tert-OH is 1. The SMILES string of the molecule is C=C1C[C@H](O)[C@@]2(C)CCC3=C(CCc4cc(NS(=O)(=O)O)c(OCC)cc43)[C@H]12. The molecule has 1 fully saturated rings. The van der Waals surface area contributed by atoms with Crippen LogP contribution in [0.2, 0.25) is 0 Å². The summed E-state index contributed by atoms with van der Waals surface area (Å²) in [5.74, 6) is 0.608. The average Bonchev–Trinajstić information content (AvgIpc) is 2.83. The summed E-state index contributed by atoms with van der Waals surface area (Å²) in [6.45, 7) is 8.64. The second kappa shape index (κ2) is 6.61. The van der Waals surface area contributed by atoms with E-state index in [-0.39, 0.29) is 23.1 Å². The van der Waals surface area contributed by atoms with Crippen LogP contribution in [-0.4, -0.2) is 30.8 Å². The van der Waals surface area contributed by atoms with Crippen LogP contribution in [0.4, 0.5) is 5.69 Å². The first-order valence-corrected chi connectivity index (χ1v) is 11.2. The van der Waals surface area contributed by atoms with Crippen molar-refractivity contribution in [3.63, 3.8) is 0 Å². The molecule has 3 atom stereocenters. The van der Waals surface area contributed by atoms with Gasteiger partial charge < -0.3 is 9.84 Å². The first-order valence-electron chi connectivity index (χ1n) is 9.77. The molecule has 28 heavy (non-hydrogen) atoms. The van der Waals surface area contributed by atoms with Crippen LogP contribution in [-0.2, 0) is 16.7 Å². The molecule has 0 spiro atoms. The van der Waals surface area contributed by atoms with E-state index in [0.29, 0.717) is 18.8 Å². The topological polar surface area (TPSA) is 95.9 Å². The number of hydrogen-bond acceptors (Lipinski definition) is 4. The number of benzene rings is 1. The maximum Gasteiger partial charge on any atom is 0.357 e. The number of rotatable bonds is 4. The Bertz CT molecular complexity index is 981. The maximum atomic E-state index is 11.3. The molecular weight excluding hydrogens is 378 g/mol. The predicted molar refractivity (Wildman–Crippen MR) is 109 cm³/mol. The van der Waals surface area contributed by atoms with E-state index in [2.05, 4.69) is 18.2 Å². The largest absolute Gasteiger partial charge is 0.492 e. The van der Waals surface area contributed by atoms with E-state index >= 15 is 0 Å². The van der Waals surface area contributed by atoms with E-state index in [1.165, 1.54) is 11.1 Å². The molecule has 7 heteroatoms. The van der Waals surface area contributed by atoms with Crippen LogP contribution in [0.3, 0.4) is 0 Å². The normalized spacial score (nSPS) is 29.2. The van der Waals surface area contributed by atoms with Crippen molar-refractivity contribution in [3.05, 3.63) is 41.0 Å². The van der Waals surface area contributed by atoms with Gasteiger partial charge in [-0.1, -0.05) is 24.6 Å². The van der Waals surface area contributed by atoms with E-state index in [1.807, 2.05) is 13.0 Å². The number of ether oxygens (including phenoxy) is 1. The van der Waals surface area contributed by atoms with Gasteiger partial charge in [0.05, 0.1) is 18.4 Å². The van der Waals surface area contributed by atoms with E-state index in [0.717, 1.165) is 42.4 Å². The second-order valence-corrected chi connectivity index (χ2v) is 9.49. The number of nitrogens with one attached hydrogen (secondary N) is 1. The van der Waals surface area contributed by atoms with Gasteiger partial charge in [0.2, 0.25) is 0 Å². The van der Waals surface area contributed by atoms with Gasteiger partial charge in [-0.05, 0) is 67.9 Å². The van der Waals surface area contributed by atoms with Crippen molar-refractivity contribution in [1.29, 1.82) is 0 Å². The van der Waals surface area contributed by atoms with E-state index in [9.17, 15) is 18.1 Å². The Kier molecular flexibility index (Phi) is 4.60. The summed E-state index contributed by atoms with van der Waals surface area (Å²) in [4.78, 5) is 0. The highest BCUT2D eigenvalue weighted by molar-refractivity contribution is 7.87. The molecule has 3 aliphatic carbocycles. The Labute approximate surface area is 166 Å². The smallest absolute Gasteiger partial charge is 0.357 e. The lowest BCUT2D eigenvalue weighted by molar-refractivity contribution is 0.0384. The number of aliphatic hydroxyl groups is 1. The molecule has 0 radical (unpaired) electrons. The minimum absolute atomic E-state index is 0.150. The molecule has 0 aliphatic heterocycles. The van der Waals surface area contributed by atoms with Crippen molar-refractivity contribution in [2.45, 2.75) is 52.1 Å². The van der Waals surface area contributed by atoms with Crippen molar-refractivity contribution in [1.82, 2.24) is 0 Å². The highest BCUT2D eigenvalue weighted by atomic mass is 32.2. The van der Waals surface area contributed by atoms with Gasteiger partial charge in [-0.25, -0.2) is 0 Å². The second-order valence-electron chi connectivity index (χ2n) is 8.34. The zero-order valence-electron chi connectivity index (χ0n) is 16.3. The fraction of sp³-hybridized carbons (Fsp3) is 0.524. The molecule has 0 amide bonds. The van der Waals surface area contributed by atoms with Gasteiger partial charge in [-0.3, -0.25) is 9.27 Å². The van der Waals surface area contributed by atoms with Gasteiger partial charge in [0.1, 0.15) is 5.75 Å². The molecule has 0 bridgehead atoms. The van der Waals surface area contributed by atoms with Crippen molar-refractivity contribution >= 4 is 21.6 Å². The highest BCUT2D eigenvalue weighted by Gasteiger charge is 2.52. The molecule has 0 saturated heterocycles. The fourth-order valence-electron chi connectivity index (χ4n) is 5.42. The van der Waals surface area contributed by atoms with E-state index in [1.54, 1.807) is 6.07 Å². The summed E-state index contributed by atoms with van der Waals surface area (Å²) in [5.41, 5.74) is 5.98. The van der Waals surface area contributed by atoms with Gasteiger partial charge in [0.25, 0.3) is 0 Å². The molecule has 0 unspecified atom stereocenters. The van der Waals surface area contributed by atoms with Gasteiger partial charge in [-0.2, -0.15) is 8.42 Å². The van der Waals surface area contributed by atoms with Gasteiger partial charge in [0.15, 0.2) is 0 Å². The molecule has 1 saturated carbocycles. The molecule has 152 valence electrons. The molecule has 3 N–H and O–H groups in total. The van der Waals surface area contributed by atoms with Crippen molar-refractivity contribution < 1.29 is 22.8 Å². The highest BCUT2D eigenvalue weighted by Crippen LogP contribution is 2.59. The van der Waals surface area contributed by atoms with Crippen molar-refractivity contribution in [2.75, 3.05) is 11.3 Å². The quantitative estimate of drug-likeness (QED) is 0.524. The van der Waals surface area contributed by atoms with E-state index in [4.69, 9.17) is 4.74 Å². The third-order valence-electron chi connectivity index (χ3n) is 6.67. The summed E-state index contributed by atoms with van der Waals surface area (Å²) in [7, 11) is -4.38. The molecule has 0 heterocycles. The van der Waals surface area contributed by atoms with Crippen LogP contribution < -0.4 is 9.46 Å². The third-order valence-corrected chi connectivity index (χ3v) is 7.15. The van der Waals surface area contributed by atoms with Crippen molar-refractivity contribution in [3.8, 4) is 5.75 Å². The zero-order chi connectivity index (χ0) is 20.3. The lowest BCUT2D eigenvalue weighted by atomic mass is 9.62. The van der Waals surface area contributed by atoms with Gasteiger partial charge in [-0.15, -0.1) is 0 Å². The number of fused-ring (bicyclic) bond motifs is 4. The number of hydrogen-bond donors (Lipinski definition) is 3. The monoisotopic (exact) mass is 405 g/mol. The Hall–Kier alpha value is -1.83. The Morgan fingerprint density at radius 1 is 1.32 bits per heavy atom. The third kappa shape index (κ3) is 3.06. The summed E-state index contributed by atoms with van der Waals surface area (Å²) >= 11 is 0. The number of allylic oxidation sites excluding steroid dienone is 2.